The van der Waals surface area contributed by atoms with Crippen molar-refractivity contribution in [2.24, 2.45) is 16.8 Å². The number of guanidine groups is 1. The van der Waals surface area contributed by atoms with Gasteiger partial charge >= 0.3 is 0 Å². The lowest BCUT2D eigenvalue weighted by atomic mass is 9.89. The van der Waals surface area contributed by atoms with Gasteiger partial charge in [-0.05, 0) is 64.1 Å². The first-order chi connectivity index (χ1) is 14.2. The SMILES string of the molecule is CCNC(=NCC(C)CN1CCCC1)NCC1CCCOC1c1ccc(C)cc1. The van der Waals surface area contributed by atoms with Gasteiger partial charge in [0.1, 0.15) is 0 Å². The molecule has 0 radical (unpaired) electrons. The predicted octanol–water partition coefficient (Wildman–Crippen LogP) is 3.75. The minimum atomic E-state index is 0.175. The van der Waals surface area contributed by atoms with Crippen LogP contribution in [0.4, 0.5) is 0 Å². The van der Waals surface area contributed by atoms with Crippen LogP contribution >= 0.6 is 0 Å². The van der Waals surface area contributed by atoms with E-state index in [0.717, 1.165) is 45.2 Å². The number of nitrogens with one attached hydrogen (secondary N) is 2. The highest BCUT2D eigenvalue weighted by molar-refractivity contribution is 5.79. The van der Waals surface area contributed by atoms with E-state index in [-0.39, 0.29) is 6.10 Å². The van der Waals surface area contributed by atoms with Crippen molar-refractivity contribution in [2.75, 3.05) is 45.9 Å². The number of aryl methyl sites for hydroxylation is 1. The minimum Gasteiger partial charge on any atom is -0.373 e. The Bertz CT molecular complexity index is 624. The van der Waals surface area contributed by atoms with Crippen LogP contribution < -0.4 is 10.6 Å². The van der Waals surface area contributed by atoms with Crippen molar-refractivity contribution >= 4 is 5.96 Å². The molecule has 5 heteroatoms. The van der Waals surface area contributed by atoms with Gasteiger partial charge in [0.2, 0.25) is 0 Å². The Morgan fingerprint density at radius 3 is 2.66 bits per heavy atom. The average molecular weight is 401 g/mol. The molecule has 1 aromatic carbocycles. The average Bonchev–Trinajstić information content (AvgIpc) is 3.24. The van der Waals surface area contributed by atoms with E-state index in [1.54, 1.807) is 0 Å². The second kappa shape index (κ2) is 11.6. The molecule has 3 rings (SSSR count). The zero-order valence-electron chi connectivity index (χ0n) is 18.6. The van der Waals surface area contributed by atoms with Crippen LogP contribution in [0.15, 0.2) is 29.3 Å². The van der Waals surface area contributed by atoms with Crippen molar-refractivity contribution in [3.8, 4) is 0 Å². The van der Waals surface area contributed by atoms with E-state index >= 15 is 0 Å². The van der Waals surface area contributed by atoms with Crippen LogP contribution in [-0.2, 0) is 4.74 Å². The zero-order valence-corrected chi connectivity index (χ0v) is 18.6. The molecule has 2 N–H and O–H groups in total. The molecule has 5 nitrogen and oxygen atoms in total. The Morgan fingerprint density at radius 1 is 1.17 bits per heavy atom. The van der Waals surface area contributed by atoms with Gasteiger partial charge < -0.3 is 20.3 Å². The second-order valence-corrected chi connectivity index (χ2v) is 8.82. The van der Waals surface area contributed by atoms with Crippen molar-refractivity contribution in [1.82, 2.24) is 15.5 Å². The number of likely N-dealkylation sites (tertiary alicyclic amines) is 1. The smallest absolute Gasteiger partial charge is 0.191 e. The molecule has 0 spiro atoms. The topological polar surface area (TPSA) is 48.9 Å². The van der Waals surface area contributed by atoms with E-state index in [1.807, 2.05) is 0 Å². The van der Waals surface area contributed by atoms with Crippen molar-refractivity contribution in [2.45, 2.75) is 52.6 Å². The highest BCUT2D eigenvalue weighted by Gasteiger charge is 2.27. The summed E-state index contributed by atoms with van der Waals surface area (Å²) in [6, 6.07) is 8.81. The summed E-state index contributed by atoms with van der Waals surface area (Å²) in [5, 5.41) is 7.01. The Balaban J connectivity index is 1.53. The van der Waals surface area contributed by atoms with E-state index < -0.39 is 0 Å². The normalized spacial score (nSPS) is 24.4. The summed E-state index contributed by atoms with van der Waals surface area (Å²) < 4.78 is 6.18. The first kappa shape index (κ1) is 22.1. The van der Waals surface area contributed by atoms with Crippen LogP contribution in [0, 0.1) is 18.8 Å². The molecule has 29 heavy (non-hydrogen) atoms. The van der Waals surface area contributed by atoms with E-state index in [0.29, 0.717) is 11.8 Å². The van der Waals surface area contributed by atoms with Crippen LogP contribution in [0.1, 0.15) is 56.8 Å². The maximum absolute atomic E-state index is 6.18. The Morgan fingerprint density at radius 2 is 1.93 bits per heavy atom. The van der Waals surface area contributed by atoms with E-state index in [9.17, 15) is 0 Å². The summed E-state index contributed by atoms with van der Waals surface area (Å²) in [5.41, 5.74) is 2.59. The number of hydrogen-bond donors (Lipinski definition) is 2. The fraction of sp³-hybridized carbons (Fsp3) is 0.708. The molecule has 162 valence electrons. The van der Waals surface area contributed by atoms with Gasteiger partial charge in [0.15, 0.2) is 5.96 Å². The van der Waals surface area contributed by atoms with Gasteiger partial charge in [0.25, 0.3) is 0 Å². The summed E-state index contributed by atoms with van der Waals surface area (Å²) >= 11 is 0. The predicted molar refractivity (Wildman–Crippen MR) is 121 cm³/mol. The molecule has 0 saturated carbocycles. The number of aliphatic imine (C=N–C) groups is 1. The Labute approximate surface area is 177 Å². The molecule has 3 atom stereocenters. The van der Waals surface area contributed by atoms with Crippen LogP contribution in [0.3, 0.4) is 0 Å². The van der Waals surface area contributed by atoms with Crippen LogP contribution in [0.25, 0.3) is 0 Å². The van der Waals surface area contributed by atoms with Crippen molar-refractivity contribution < 1.29 is 4.74 Å². The van der Waals surface area contributed by atoms with Gasteiger partial charge in [-0.15, -0.1) is 0 Å². The van der Waals surface area contributed by atoms with Gasteiger partial charge in [-0.3, -0.25) is 4.99 Å². The summed E-state index contributed by atoms with van der Waals surface area (Å²) in [5.74, 6) is 1.99. The summed E-state index contributed by atoms with van der Waals surface area (Å²) in [7, 11) is 0. The molecule has 0 aliphatic carbocycles. The minimum absolute atomic E-state index is 0.175. The molecular weight excluding hydrogens is 360 g/mol. The third-order valence-corrected chi connectivity index (χ3v) is 6.06. The number of nitrogens with zero attached hydrogens (tertiary/aromatic N) is 2. The monoisotopic (exact) mass is 400 g/mol. The molecule has 0 bridgehead atoms. The van der Waals surface area contributed by atoms with Crippen molar-refractivity contribution in [1.29, 1.82) is 0 Å². The first-order valence-corrected chi connectivity index (χ1v) is 11.6. The Kier molecular flexibility index (Phi) is 8.81. The Hall–Kier alpha value is -1.59. The van der Waals surface area contributed by atoms with Crippen molar-refractivity contribution in [3.63, 3.8) is 0 Å². The molecule has 2 saturated heterocycles. The second-order valence-electron chi connectivity index (χ2n) is 8.82. The standard InChI is InChI=1S/C24H40N4O/c1-4-25-24(26-16-20(3)18-28-13-5-6-14-28)27-17-22-8-7-15-29-23(22)21-11-9-19(2)10-12-21/h9-12,20,22-23H,4-8,13-18H2,1-3H3,(H2,25,26,27). The quantitative estimate of drug-likeness (QED) is 0.515. The maximum atomic E-state index is 6.18. The van der Waals surface area contributed by atoms with Crippen LogP contribution in [0.2, 0.25) is 0 Å². The van der Waals surface area contributed by atoms with Gasteiger partial charge in [-0.2, -0.15) is 0 Å². The highest BCUT2D eigenvalue weighted by Crippen LogP contribution is 2.33. The third kappa shape index (κ3) is 7.00. The fourth-order valence-corrected chi connectivity index (χ4v) is 4.46. The van der Waals surface area contributed by atoms with E-state index in [1.165, 1.54) is 43.5 Å². The molecule has 2 fully saturated rings. The molecule has 2 aliphatic rings. The summed E-state index contributed by atoms with van der Waals surface area (Å²) in [4.78, 5) is 7.45. The van der Waals surface area contributed by atoms with Gasteiger partial charge in [0, 0.05) is 38.7 Å². The zero-order chi connectivity index (χ0) is 20.5. The van der Waals surface area contributed by atoms with Crippen LogP contribution in [0.5, 0.6) is 0 Å². The van der Waals surface area contributed by atoms with Gasteiger partial charge in [-0.1, -0.05) is 36.8 Å². The lowest BCUT2D eigenvalue weighted by molar-refractivity contribution is -0.0265. The number of benzene rings is 1. The molecule has 2 aliphatic heterocycles. The van der Waals surface area contributed by atoms with E-state index in [2.05, 4.69) is 60.6 Å². The van der Waals surface area contributed by atoms with E-state index in [4.69, 9.17) is 9.73 Å². The summed E-state index contributed by atoms with van der Waals surface area (Å²) in [6.07, 6.45) is 5.21. The lowest BCUT2D eigenvalue weighted by Crippen LogP contribution is -2.42. The van der Waals surface area contributed by atoms with Gasteiger partial charge in [0.05, 0.1) is 6.10 Å². The lowest BCUT2D eigenvalue weighted by Gasteiger charge is -2.32. The van der Waals surface area contributed by atoms with Gasteiger partial charge in [-0.25, -0.2) is 0 Å². The molecule has 0 amide bonds. The maximum Gasteiger partial charge on any atom is 0.191 e. The molecule has 0 aromatic heterocycles. The molecule has 2 heterocycles. The number of rotatable bonds is 8. The third-order valence-electron chi connectivity index (χ3n) is 6.06. The van der Waals surface area contributed by atoms with Crippen molar-refractivity contribution in [3.05, 3.63) is 35.4 Å². The molecule has 3 unspecified atom stereocenters. The highest BCUT2D eigenvalue weighted by atomic mass is 16.5. The molecule has 1 aromatic rings. The first-order valence-electron chi connectivity index (χ1n) is 11.6. The molecular formula is C24H40N4O. The fourth-order valence-electron chi connectivity index (χ4n) is 4.46. The van der Waals surface area contributed by atoms with Crippen LogP contribution in [-0.4, -0.2) is 56.7 Å². The summed E-state index contributed by atoms with van der Waals surface area (Å²) in [6.45, 7) is 13.8. The largest absolute Gasteiger partial charge is 0.373 e. The number of ether oxygens (including phenoxy) is 1. The number of hydrogen-bond acceptors (Lipinski definition) is 3.